The fraction of sp³-hybridized carbons (Fsp3) is 0.455. The molecular weight excluding hydrogens is 949 g/mol. The van der Waals surface area contributed by atoms with E-state index < -0.39 is 0 Å². The molecule has 4 aliphatic heterocycles. The van der Waals surface area contributed by atoms with Crippen molar-refractivity contribution in [2.75, 3.05) is 36.2 Å². The van der Waals surface area contributed by atoms with E-state index in [2.05, 4.69) is 176 Å². The number of ether oxygens (including phenoxy) is 8. The topological polar surface area (TPSA) is 80.3 Å². The largest absolute Gasteiger partial charge is 0.353 e. The quantitative estimate of drug-likeness (QED) is 0.0656. The number of nitrogens with zero attached hydrogens (tertiary/aromatic N) is 2. The molecular formula is C66H80N2O8. The summed E-state index contributed by atoms with van der Waals surface area (Å²) >= 11 is 0. The monoisotopic (exact) mass is 1030 g/mol. The van der Waals surface area contributed by atoms with Crippen molar-refractivity contribution < 1.29 is 37.9 Å². The van der Waals surface area contributed by atoms with E-state index in [1.165, 1.54) is 11.1 Å². The third-order valence-corrected chi connectivity index (χ3v) is 15.4. The molecule has 4 saturated heterocycles. The van der Waals surface area contributed by atoms with E-state index in [9.17, 15) is 0 Å². The molecule has 10 rings (SSSR count). The maximum atomic E-state index is 6.17. The smallest absolute Gasteiger partial charge is 0.158 e. The SMILES string of the molecule is CC(C)CC(C)(c1ccc(N(c2ccc(COC3CCCCO3)cc2)c2ccc(COC3CCCCO3)cc2)cc1)c1ccc(N(c2ccc(COC3CCCCO3)cc2)c2ccc(COC3CCCCO3)cc2)cc1. The Labute approximate surface area is 452 Å². The van der Waals surface area contributed by atoms with Crippen LogP contribution in [0.1, 0.15) is 138 Å². The van der Waals surface area contributed by atoms with Crippen LogP contribution in [-0.4, -0.2) is 51.6 Å². The van der Waals surface area contributed by atoms with Crippen LogP contribution in [0.25, 0.3) is 0 Å². The molecule has 0 bridgehead atoms. The first-order valence-corrected chi connectivity index (χ1v) is 28.4. The van der Waals surface area contributed by atoms with Gasteiger partial charge in [0.2, 0.25) is 0 Å². The third kappa shape index (κ3) is 14.4. The Morgan fingerprint density at radius 1 is 0.368 bits per heavy atom. The van der Waals surface area contributed by atoms with Crippen LogP contribution in [0, 0.1) is 5.92 Å². The first-order chi connectivity index (χ1) is 37.3. The Morgan fingerprint density at radius 2 is 0.605 bits per heavy atom. The van der Waals surface area contributed by atoms with Crippen molar-refractivity contribution in [1.82, 2.24) is 0 Å². The van der Waals surface area contributed by atoms with Crippen LogP contribution in [0.5, 0.6) is 0 Å². The molecule has 10 heteroatoms. The zero-order valence-electron chi connectivity index (χ0n) is 45.3. The van der Waals surface area contributed by atoms with Gasteiger partial charge in [-0.3, -0.25) is 0 Å². The van der Waals surface area contributed by atoms with Gasteiger partial charge < -0.3 is 47.7 Å². The van der Waals surface area contributed by atoms with Crippen LogP contribution in [-0.2, 0) is 69.7 Å². The summed E-state index contributed by atoms with van der Waals surface area (Å²) in [6.45, 7) is 12.2. The summed E-state index contributed by atoms with van der Waals surface area (Å²) in [4.78, 5) is 4.68. The van der Waals surface area contributed by atoms with Gasteiger partial charge in [-0.1, -0.05) is 93.6 Å². The standard InChI is InChI=1S/C66H80N2O8/c1-49(2)44-66(3,54-24-36-60(37-25-54)67(56-28-16-50(17-29-56)45-73-62-12-4-8-40-69-62)57-30-18-51(19-31-57)46-74-63-13-5-9-41-70-63)55-26-38-61(39-27-55)68(58-32-20-52(21-33-58)47-75-64-14-6-10-42-71-64)59-34-22-53(23-35-59)48-76-65-15-7-11-43-72-65/h16-39,49,62-65H,4-15,40-48H2,1-3H3. The maximum absolute atomic E-state index is 6.17. The van der Waals surface area contributed by atoms with Crippen molar-refractivity contribution in [2.45, 2.75) is 161 Å². The molecule has 10 nitrogen and oxygen atoms in total. The average Bonchev–Trinajstić information content (AvgIpc) is 3.51. The number of hydrogen-bond donors (Lipinski definition) is 0. The van der Waals surface area contributed by atoms with E-state index in [1.54, 1.807) is 0 Å². The van der Waals surface area contributed by atoms with Gasteiger partial charge in [0.15, 0.2) is 25.2 Å². The van der Waals surface area contributed by atoms with Gasteiger partial charge in [-0.2, -0.15) is 0 Å². The predicted molar refractivity (Wildman–Crippen MR) is 302 cm³/mol. The summed E-state index contributed by atoms with van der Waals surface area (Å²) < 4.78 is 48.1. The van der Waals surface area contributed by atoms with Crippen LogP contribution >= 0.6 is 0 Å². The van der Waals surface area contributed by atoms with Gasteiger partial charge in [0.1, 0.15) is 0 Å². The van der Waals surface area contributed by atoms with E-state index in [-0.39, 0.29) is 30.6 Å². The van der Waals surface area contributed by atoms with E-state index >= 15 is 0 Å². The molecule has 6 aromatic rings. The summed E-state index contributed by atoms with van der Waals surface area (Å²) in [6.07, 6.45) is 13.3. The van der Waals surface area contributed by atoms with Crippen LogP contribution in [0.3, 0.4) is 0 Å². The number of rotatable bonds is 22. The second-order valence-corrected chi connectivity index (χ2v) is 21.8. The fourth-order valence-corrected chi connectivity index (χ4v) is 11.2. The molecule has 0 aliphatic carbocycles. The van der Waals surface area contributed by atoms with Gasteiger partial charge in [-0.15, -0.1) is 0 Å². The molecule has 76 heavy (non-hydrogen) atoms. The van der Waals surface area contributed by atoms with Crippen molar-refractivity contribution in [1.29, 1.82) is 0 Å². The minimum Gasteiger partial charge on any atom is -0.353 e. The normalized spacial score (nSPS) is 21.0. The second kappa shape index (κ2) is 26.8. The number of benzene rings is 6. The molecule has 4 heterocycles. The highest BCUT2D eigenvalue weighted by Crippen LogP contribution is 2.43. The lowest BCUT2D eigenvalue weighted by Gasteiger charge is -2.34. The molecule has 0 amide bonds. The highest BCUT2D eigenvalue weighted by Gasteiger charge is 2.31. The fourth-order valence-electron chi connectivity index (χ4n) is 11.2. The maximum Gasteiger partial charge on any atom is 0.158 e. The van der Waals surface area contributed by atoms with Crippen LogP contribution in [0.4, 0.5) is 34.1 Å². The van der Waals surface area contributed by atoms with E-state index in [0.29, 0.717) is 32.3 Å². The zero-order valence-corrected chi connectivity index (χ0v) is 45.3. The van der Waals surface area contributed by atoms with Gasteiger partial charge in [-0.05, 0) is 196 Å². The van der Waals surface area contributed by atoms with Crippen LogP contribution in [0.2, 0.25) is 0 Å². The lowest BCUT2D eigenvalue weighted by molar-refractivity contribution is -0.169. The molecule has 0 saturated carbocycles. The van der Waals surface area contributed by atoms with Gasteiger partial charge in [0.05, 0.1) is 26.4 Å². The predicted octanol–water partition coefficient (Wildman–Crippen LogP) is 16.2. The van der Waals surface area contributed by atoms with Crippen LogP contribution < -0.4 is 9.80 Å². The molecule has 0 N–H and O–H groups in total. The van der Waals surface area contributed by atoms with Gasteiger partial charge in [0.25, 0.3) is 0 Å². The van der Waals surface area contributed by atoms with Gasteiger partial charge in [-0.25, -0.2) is 0 Å². The zero-order chi connectivity index (χ0) is 51.9. The Morgan fingerprint density at radius 3 is 0.816 bits per heavy atom. The second-order valence-electron chi connectivity index (χ2n) is 21.8. The number of hydrogen-bond acceptors (Lipinski definition) is 10. The van der Waals surface area contributed by atoms with Crippen molar-refractivity contribution >= 4 is 34.1 Å². The molecule has 4 aliphatic rings. The van der Waals surface area contributed by atoms with Crippen molar-refractivity contribution in [2.24, 2.45) is 5.92 Å². The summed E-state index contributed by atoms with van der Waals surface area (Å²) in [5, 5.41) is 0. The first kappa shape index (κ1) is 54.0. The van der Waals surface area contributed by atoms with E-state index in [4.69, 9.17) is 37.9 Å². The van der Waals surface area contributed by atoms with E-state index in [0.717, 1.165) is 166 Å². The van der Waals surface area contributed by atoms with Gasteiger partial charge >= 0.3 is 0 Å². The Hall–Kier alpha value is -5.40. The highest BCUT2D eigenvalue weighted by atomic mass is 16.7. The molecule has 0 radical (unpaired) electrons. The highest BCUT2D eigenvalue weighted by molar-refractivity contribution is 5.78. The van der Waals surface area contributed by atoms with Crippen molar-refractivity contribution in [3.05, 3.63) is 179 Å². The van der Waals surface area contributed by atoms with Crippen molar-refractivity contribution in [3.63, 3.8) is 0 Å². The molecule has 0 aromatic heterocycles. The van der Waals surface area contributed by atoms with Crippen LogP contribution in [0.15, 0.2) is 146 Å². The summed E-state index contributed by atoms with van der Waals surface area (Å²) in [5.74, 6) is 0.455. The molecule has 0 spiro atoms. The third-order valence-electron chi connectivity index (χ3n) is 15.4. The lowest BCUT2D eigenvalue weighted by Crippen LogP contribution is -2.26. The minimum atomic E-state index is -0.262. The van der Waals surface area contributed by atoms with Crippen molar-refractivity contribution in [3.8, 4) is 0 Å². The Kier molecular flexibility index (Phi) is 19.0. The minimum absolute atomic E-state index is 0.128. The Balaban J connectivity index is 0.906. The average molecular weight is 1030 g/mol. The summed E-state index contributed by atoms with van der Waals surface area (Å²) in [6, 6.07) is 53.5. The lowest BCUT2D eigenvalue weighted by atomic mass is 9.71. The molecule has 6 aromatic carbocycles. The number of anilines is 6. The molecule has 402 valence electrons. The molecule has 4 unspecified atom stereocenters. The Bertz CT molecular complexity index is 2330. The molecule has 4 atom stereocenters. The first-order valence-electron chi connectivity index (χ1n) is 28.4. The van der Waals surface area contributed by atoms with E-state index in [1.807, 2.05) is 0 Å². The van der Waals surface area contributed by atoms with Gasteiger partial charge in [0, 0.05) is 66.0 Å². The summed E-state index contributed by atoms with van der Waals surface area (Å²) in [5.41, 5.74) is 13.2. The summed E-state index contributed by atoms with van der Waals surface area (Å²) in [7, 11) is 0. The molecule has 4 fully saturated rings.